The van der Waals surface area contributed by atoms with Gasteiger partial charge in [-0.15, -0.1) is 0 Å². The van der Waals surface area contributed by atoms with Gasteiger partial charge in [0.25, 0.3) is 5.91 Å². The van der Waals surface area contributed by atoms with E-state index in [0.717, 1.165) is 6.07 Å². The number of amides is 1. The Hall–Kier alpha value is -4.08. The van der Waals surface area contributed by atoms with Crippen molar-refractivity contribution in [2.45, 2.75) is 0 Å². The molecule has 0 fully saturated rings. The van der Waals surface area contributed by atoms with E-state index in [1.807, 2.05) is 0 Å². The van der Waals surface area contributed by atoms with Gasteiger partial charge < -0.3 is 19.9 Å². The number of halogens is 3. The fourth-order valence-corrected chi connectivity index (χ4v) is 2.99. The summed E-state index contributed by atoms with van der Waals surface area (Å²) in [4.78, 5) is 20.1. The van der Waals surface area contributed by atoms with Gasteiger partial charge in [-0.2, -0.15) is 0 Å². The number of benzene rings is 2. The molecule has 2 aromatic carbocycles. The van der Waals surface area contributed by atoms with Crippen LogP contribution in [-0.2, 0) is 7.05 Å². The molecule has 0 atom stereocenters. The molecule has 2 aromatic heterocycles. The summed E-state index contributed by atoms with van der Waals surface area (Å²) in [5.74, 6) is -2.74. The minimum absolute atomic E-state index is 0.182. The number of carbonyl (C=O) groups excluding carboxylic acids is 1. The van der Waals surface area contributed by atoms with Crippen LogP contribution in [0.2, 0.25) is 0 Å². The number of aromatic nitrogens is 3. The highest BCUT2D eigenvalue weighted by Gasteiger charge is 2.15. The molecule has 1 amide bonds. The van der Waals surface area contributed by atoms with Crippen LogP contribution in [-0.4, -0.2) is 27.5 Å². The van der Waals surface area contributed by atoms with Crippen LogP contribution in [0.5, 0.6) is 11.5 Å². The summed E-state index contributed by atoms with van der Waals surface area (Å²) in [7, 11) is 3.17. The Morgan fingerprint density at radius 2 is 1.84 bits per heavy atom. The van der Waals surface area contributed by atoms with Crippen molar-refractivity contribution in [2.75, 3.05) is 12.4 Å². The highest BCUT2D eigenvalue weighted by molar-refractivity contribution is 5.92. The van der Waals surface area contributed by atoms with Crippen LogP contribution in [0.25, 0.3) is 11.0 Å². The Labute approximate surface area is 174 Å². The van der Waals surface area contributed by atoms with Gasteiger partial charge in [-0.25, -0.2) is 18.2 Å². The van der Waals surface area contributed by atoms with E-state index in [2.05, 4.69) is 20.6 Å². The summed E-state index contributed by atoms with van der Waals surface area (Å²) < 4.78 is 48.3. The molecule has 0 aliphatic heterocycles. The molecule has 0 bridgehead atoms. The fraction of sp³-hybridized carbons (Fsp3) is 0.0952. The maximum absolute atomic E-state index is 14.0. The van der Waals surface area contributed by atoms with Gasteiger partial charge >= 0.3 is 0 Å². The van der Waals surface area contributed by atoms with Gasteiger partial charge in [-0.05, 0) is 18.2 Å². The van der Waals surface area contributed by atoms with Crippen molar-refractivity contribution in [1.82, 2.24) is 19.9 Å². The summed E-state index contributed by atoms with van der Waals surface area (Å²) in [5, 5.41) is 5.10. The molecule has 2 heterocycles. The lowest BCUT2D eigenvalue weighted by Crippen LogP contribution is -2.18. The first kappa shape index (κ1) is 20.2. The number of hydrogen-bond donors (Lipinski definition) is 2. The van der Waals surface area contributed by atoms with Crippen molar-refractivity contribution in [3.8, 4) is 11.5 Å². The van der Waals surface area contributed by atoms with Gasteiger partial charge in [0.05, 0.1) is 16.7 Å². The minimum atomic E-state index is -1.30. The van der Waals surface area contributed by atoms with Crippen LogP contribution >= 0.6 is 0 Å². The predicted molar refractivity (Wildman–Crippen MR) is 108 cm³/mol. The van der Waals surface area contributed by atoms with E-state index in [0.29, 0.717) is 28.6 Å². The Bertz CT molecular complexity index is 1310. The molecular weight excluding hydrogens is 411 g/mol. The van der Waals surface area contributed by atoms with Crippen LogP contribution in [0.4, 0.5) is 24.8 Å². The second kappa shape index (κ2) is 7.98. The molecule has 0 aliphatic carbocycles. The monoisotopic (exact) mass is 427 g/mol. The number of hydrogen-bond acceptors (Lipinski definition) is 5. The summed E-state index contributed by atoms with van der Waals surface area (Å²) in [6.45, 7) is 0. The quantitative estimate of drug-likeness (QED) is 0.465. The Balaban J connectivity index is 1.63. The lowest BCUT2D eigenvalue weighted by atomic mass is 10.3. The highest BCUT2D eigenvalue weighted by Crippen LogP contribution is 2.29. The lowest BCUT2D eigenvalue weighted by Gasteiger charge is -2.08. The van der Waals surface area contributed by atoms with Crippen molar-refractivity contribution in [3.63, 3.8) is 0 Å². The molecule has 0 aliphatic rings. The molecule has 7 nitrogen and oxygen atoms in total. The first-order valence-electron chi connectivity index (χ1n) is 9.09. The van der Waals surface area contributed by atoms with Gasteiger partial charge in [0.2, 0.25) is 5.95 Å². The van der Waals surface area contributed by atoms with Gasteiger partial charge in [-0.3, -0.25) is 9.78 Å². The smallest absolute Gasteiger partial charge is 0.269 e. The molecule has 0 saturated carbocycles. The third-order valence-corrected chi connectivity index (χ3v) is 4.52. The van der Waals surface area contributed by atoms with E-state index < -0.39 is 17.5 Å². The average Bonchev–Trinajstić information content (AvgIpc) is 3.06. The number of pyridine rings is 1. The van der Waals surface area contributed by atoms with Gasteiger partial charge in [0.15, 0.2) is 11.6 Å². The standard InChI is InChI=1S/C21H16F3N5O2/c1-25-20(30)17-10-13(5-6-26-17)31-12-3-4-18-15(9-12)27-21(29(18)2)28-16-8-11(22)7-14(23)19(16)24/h3-10H,1-2H3,(H,25,30)(H,27,28). The average molecular weight is 427 g/mol. The molecule has 31 heavy (non-hydrogen) atoms. The summed E-state index contributed by atoms with van der Waals surface area (Å²) >= 11 is 0. The zero-order valence-corrected chi connectivity index (χ0v) is 16.4. The molecule has 10 heteroatoms. The predicted octanol–water partition coefficient (Wildman–Crippen LogP) is 4.28. The number of imidazole rings is 1. The third kappa shape index (κ3) is 4.00. The summed E-state index contributed by atoms with van der Waals surface area (Å²) in [5.41, 5.74) is 1.01. The first-order valence-corrected chi connectivity index (χ1v) is 9.09. The van der Waals surface area contributed by atoms with E-state index >= 15 is 0 Å². The second-order valence-corrected chi connectivity index (χ2v) is 6.58. The molecule has 4 rings (SSSR count). The number of carbonyl (C=O) groups is 1. The van der Waals surface area contributed by atoms with Crippen molar-refractivity contribution in [3.05, 3.63) is 71.8 Å². The SMILES string of the molecule is CNC(=O)c1cc(Oc2ccc3c(c2)nc(Nc2cc(F)cc(F)c2F)n3C)ccn1. The highest BCUT2D eigenvalue weighted by atomic mass is 19.2. The number of ether oxygens (including phenoxy) is 1. The molecule has 4 aromatic rings. The maximum Gasteiger partial charge on any atom is 0.269 e. The third-order valence-electron chi connectivity index (χ3n) is 4.52. The normalized spacial score (nSPS) is 10.9. The van der Waals surface area contributed by atoms with Crippen molar-refractivity contribution in [1.29, 1.82) is 0 Å². The minimum Gasteiger partial charge on any atom is -0.457 e. The van der Waals surface area contributed by atoms with Gasteiger partial charge in [-0.1, -0.05) is 0 Å². The van der Waals surface area contributed by atoms with Crippen LogP contribution in [0.3, 0.4) is 0 Å². The number of rotatable bonds is 5. The zero-order chi connectivity index (χ0) is 22.1. The fourth-order valence-electron chi connectivity index (χ4n) is 2.99. The van der Waals surface area contributed by atoms with Gasteiger partial charge in [0.1, 0.15) is 23.0 Å². The molecule has 0 saturated heterocycles. The summed E-state index contributed by atoms with van der Waals surface area (Å²) in [6, 6.07) is 9.47. The van der Waals surface area contributed by atoms with Crippen molar-refractivity contribution in [2.24, 2.45) is 7.05 Å². The van der Waals surface area contributed by atoms with Crippen LogP contribution in [0.15, 0.2) is 48.7 Å². The number of anilines is 2. The lowest BCUT2D eigenvalue weighted by molar-refractivity contribution is 0.0958. The topological polar surface area (TPSA) is 81.1 Å². The second-order valence-electron chi connectivity index (χ2n) is 6.58. The maximum atomic E-state index is 14.0. The Morgan fingerprint density at radius 3 is 2.61 bits per heavy atom. The van der Waals surface area contributed by atoms with Crippen molar-refractivity contribution >= 4 is 28.6 Å². The molecule has 158 valence electrons. The molecule has 0 spiro atoms. The molecule has 2 N–H and O–H groups in total. The van der Waals surface area contributed by atoms with Crippen LogP contribution in [0.1, 0.15) is 10.5 Å². The number of nitrogens with one attached hydrogen (secondary N) is 2. The molecular formula is C21H16F3N5O2. The zero-order valence-electron chi connectivity index (χ0n) is 16.4. The van der Waals surface area contributed by atoms with E-state index in [-0.39, 0.29) is 23.2 Å². The molecule has 0 unspecified atom stereocenters. The van der Waals surface area contributed by atoms with Crippen LogP contribution in [0, 0.1) is 17.5 Å². The Morgan fingerprint density at radius 1 is 1.06 bits per heavy atom. The number of nitrogens with zero attached hydrogens (tertiary/aromatic N) is 3. The van der Waals surface area contributed by atoms with E-state index in [4.69, 9.17) is 4.74 Å². The van der Waals surface area contributed by atoms with E-state index in [1.54, 1.807) is 35.9 Å². The summed E-state index contributed by atoms with van der Waals surface area (Å²) in [6.07, 6.45) is 1.45. The largest absolute Gasteiger partial charge is 0.457 e. The van der Waals surface area contributed by atoms with Crippen molar-refractivity contribution < 1.29 is 22.7 Å². The molecule has 0 radical (unpaired) electrons. The van der Waals surface area contributed by atoms with E-state index in [9.17, 15) is 18.0 Å². The van der Waals surface area contributed by atoms with Crippen LogP contribution < -0.4 is 15.4 Å². The van der Waals surface area contributed by atoms with E-state index in [1.165, 1.54) is 19.3 Å². The number of aryl methyl sites for hydroxylation is 1. The first-order chi connectivity index (χ1) is 14.9. The number of fused-ring (bicyclic) bond motifs is 1. The van der Waals surface area contributed by atoms with Gasteiger partial charge in [0, 0.05) is 44.6 Å². The Kier molecular flexibility index (Phi) is 5.20.